The highest BCUT2D eigenvalue weighted by Crippen LogP contribution is 2.33. The monoisotopic (exact) mass is 608 g/mol. The highest BCUT2D eigenvalue weighted by molar-refractivity contribution is 6.76. The van der Waals surface area contributed by atoms with Crippen LogP contribution < -0.4 is 15.0 Å². The Morgan fingerprint density at radius 1 is 1.14 bits per heavy atom. The Morgan fingerprint density at radius 2 is 1.91 bits per heavy atom. The van der Waals surface area contributed by atoms with Crippen LogP contribution in [0.3, 0.4) is 0 Å². The van der Waals surface area contributed by atoms with E-state index in [0.29, 0.717) is 47.6 Å². The minimum Gasteiger partial charge on any atom is -0.465 e. The number of ether oxygens (including phenoxy) is 2. The maximum atomic E-state index is 12.1. The number of aromatic nitrogens is 5. The number of nitrogens with one attached hydrogen (secondary N) is 1. The lowest BCUT2D eigenvalue weighted by atomic mass is 10.1. The summed E-state index contributed by atoms with van der Waals surface area (Å²) in [5, 5.41) is 18.3. The number of rotatable bonds is 13. The lowest BCUT2D eigenvalue weighted by molar-refractivity contribution is 0.0899. The molecule has 0 fully saturated rings. The fourth-order valence-corrected chi connectivity index (χ4v) is 5.14. The second-order valence-electron chi connectivity index (χ2n) is 13.0. The molecule has 0 radical (unpaired) electrons. The molecule has 0 atom stereocenters. The van der Waals surface area contributed by atoms with Crippen molar-refractivity contribution in [1.29, 1.82) is 0 Å². The molecule has 4 rings (SSSR count). The van der Waals surface area contributed by atoms with Crippen molar-refractivity contribution < 1.29 is 19.4 Å². The van der Waals surface area contributed by atoms with Crippen molar-refractivity contribution in [2.24, 2.45) is 0 Å². The minimum atomic E-state index is -1.22. The molecule has 0 unspecified atom stereocenters. The van der Waals surface area contributed by atoms with Crippen molar-refractivity contribution in [2.75, 3.05) is 37.5 Å². The summed E-state index contributed by atoms with van der Waals surface area (Å²) < 4.78 is 16.1. The van der Waals surface area contributed by atoms with E-state index in [-0.39, 0.29) is 0 Å². The number of hydrogen-bond donors (Lipinski definition) is 2. The molecule has 2 N–H and O–H groups in total. The average Bonchev–Trinajstić information content (AvgIpc) is 3.51. The van der Waals surface area contributed by atoms with E-state index in [1.807, 2.05) is 62.6 Å². The Balaban J connectivity index is 1.66. The van der Waals surface area contributed by atoms with E-state index < -0.39 is 19.7 Å². The lowest BCUT2D eigenvalue weighted by Gasteiger charge is -2.33. The van der Waals surface area contributed by atoms with Gasteiger partial charge in [0.2, 0.25) is 11.8 Å². The third-order valence-corrected chi connectivity index (χ3v) is 8.33. The topological polar surface area (TPSA) is 123 Å². The normalized spacial score (nSPS) is 12.2. The van der Waals surface area contributed by atoms with Crippen LogP contribution in [0.5, 0.6) is 11.6 Å². The molecule has 1 aromatic carbocycles. The van der Waals surface area contributed by atoms with Gasteiger partial charge in [-0.3, -0.25) is 9.58 Å². The van der Waals surface area contributed by atoms with Crippen LogP contribution in [0.1, 0.15) is 20.8 Å². The molecule has 0 bridgehead atoms. The van der Waals surface area contributed by atoms with Crippen LogP contribution in [0, 0.1) is 0 Å². The summed E-state index contributed by atoms with van der Waals surface area (Å²) >= 11 is 0. The molecule has 0 spiro atoms. The van der Waals surface area contributed by atoms with Gasteiger partial charge in [0, 0.05) is 45.2 Å². The summed E-state index contributed by atoms with van der Waals surface area (Å²) in [5.41, 5.74) is 1.25. The van der Waals surface area contributed by atoms with Gasteiger partial charge in [-0.05, 0) is 59.1 Å². The summed E-state index contributed by atoms with van der Waals surface area (Å²) in [7, 11) is 2.83. The number of benzene rings is 1. The molecule has 0 aliphatic carbocycles. The first-order valence-corrected chi connectivity index (χ1v) is 18.1. The summed E-state index contributed by atoms with van der Waals surface area (Å²) in [6, 6.07) is 9.96. The van der Waals surface area contributed by atoms with Gasteiger partial charge < -0.3 is 29.4 Å². The van der Waals surface area contributed by atoms with Crippen molar-refractivity contribution in [3.8, 4) is 11.6 Å². The van der Waals surface area contributed by atoms with Crippen LogP contribution in [0.4, 0.5) is 22.1 Å². The molecule has 3 aromatic heterocycles. The third-order valence-electron chi connectivity index (χ3n) is 6.63. The molecule has 4 aromatic rings. The predicted molar refractivity (Wildman–Crippen MR) is 172 cm³/mol. The Bertz CT molecular complexity index is 1540. The Hall–Kier alpha value is -3.94. The van der Waals surface area contributed by atoms with E-state index in [1.165, 1.54) is 4.90 Å². The second-order valence-corrected chi connectivity index (χ2v) is 18.7. The number of anilines is 3. The Morgan fingerprint density at radius 3 is 2.58 bits per heavy atom. The highest BCUT2D eigenvalue weighted by atomic mass is 28.3. The molecule has 43 heavy (non-hydrogen) atoms. The van der Waals surface area contributed by atoms with Crippen LogP contribution in [0.15, 0.2) is 48.9 Å². The molecular formula is C30H44N8O4Si. The number of carboxylic acid groups (broad SMARTS) is 1. The van der Waals surface area contributed by atoms with Crippen molar-refractivity contribution in [3.63, 3.8) is 0 Å². The van der Waals surface area contributed by atoms with Gasteiger partial charge in [0.1, 0.15) is 12.5 Å². The van der Waals surface area contributed by atoms with Gasteiger partial charge in [0.25, 0.3) is 0 Å². The van der Waals surface area contributed by atoms with Gasteiger partial charge in [-0.2, -0.15) is 15.1 Å². The van der Waals surface area contributed by atoms with Crippen LogP contribution in [-0.4, -0.2) is 81.3 Å². The number of amides is 1. The van der Waals surface area contributed by atoms with E-state index >= 15 is 0 Å². The largest absolute Gasteiger partial charge is 0.465 e. The summed E-state index contributed by atoms with van der Waals surface area (Å²) in [5.74, 6) is 1.13. The molecule has 0 saturated carbocycles. The third kappa shape index (κ3) is 8.78. The molecule has 0 saturated heterocycles. The minimum absolute atomic E-state index is 0.336. The number of carbonyl (C=O) groups is 1. The van der Waals surface area contributed by atoms with Crippen molar-refractivity contribution >= 4 is 42.5 Å². The van der Waals surface area contributed by atoms with E-state index in [9.17, 15) is 9.90 Å². The second kappa shape index (κ2) is 13.1. The number of likely N-dealkylation sites (N-methyl/N-ethyl adjacent to an activating group) is 1. The Kier molecular flexibility index (Phi) is 9.78. The zero-order valence-corrected chi connectivity index (χ0v) is 27.5. The van der Waals surface area contributed by atoms with Crippen LogP contribution in [0.2, 0.25) is 25.7 Å². The molecule has 0 aliphatic heterocycles. The Labute approximate surface area is 254 Å². The van der Waals surface area contributed by atoms with Gasteiger partial charge in [-0.25, -0.2) is 4.79 Å². The molecule has 13 heteroatoms. The summed E-state index contributed by atoms with van der Waals surface area (Å²) in [6.07, 6.45) is 4.51. The average molecular weight is 609 g/mol. The van der Waals surface area contributed by atoms with Crippen molar-refractivity contribution in [3.05, 3.63) is 48.9 Å². The molecule has 232 valence electrons. The fourth-order valence-electron chi connectivity index (χ4n) is 4.38. The van der Waals surface area contributed by atoms with Gasteiger partial charge in [0.15, 0.2) is 5.65 Å². The first kappa shape index (κ1) is 32.0. The molecule has 12 nitrogen and oxygen atoms in total. The van der Waals surface area contributed by atoms with E-state index in [1.54, 1.807) is 30.5 Å². The molecular weight excluding hydrogens is 564 g/mol. The fraction of sp³-hybridized carbons (Fsp3) is 0.467. The molecule has 1 amide bonds. The van der Waals surface area contributed by atoms with E-state index in [0.717, 1.165) is 24.8 Å². The van der Waals surface area contributed by atoms with Gasteiger partial charge in [-0.15, -0.1) is 0 Å². The van der Waals surface area contributed by atoms with E-state index in [4.69, 9.17) is 19.4 Å². The zero-order chi connectivity index (χ0) is 31.4. The van der Waals surface area contributed by atoms with Gasteiger partial charge in [0.05, 0.1) is 29.5 Å². The standard InChI is InChI=1S/C30H44N8O4Si/c1-30(2,3)38(29(39)40)23-10-9-11-24(18-23)42-27-25-12-13-36(21-41-16-17-43(6,7)8)26(25)33-28(34-27)32-22-19-31-37(20-22)15-14-35(4)5/h9-13,18-20H,14-17,21H2,1-8H3,(H,39,40)(H,32,33,34). The van der Waals surface area contributed by atoms with Gasteiger partial charge in [-0.1, -0.05) is 25.7 Å². The van der Waals surface area contributed by atoms with Gasteiger partial charge >= 0.3 is 6.09 Å². The number of nitrogens with zero attached hydrogens (tertiary/aromatic N) is 7. The summed E-state index contributed by atoms with van der Waals surface area (Å²) in [4.78, 5) is 25.0. The van der Waals surface area contributed by atoms with E-state index in [2.05, 4.69) is 35.0 Å². The van der Waals surface area contributed by atoms with Crippen LogP contribution >= 0.6 is 0 Å². The summed E-state index contributed by atoms with van der Waals surface area (Å²) in [6.45, 7) is 15.1. The first-order chi connectivity index (χ1) is 20.2. The maximum absolute atomic E-state index is 12.1. The lowest BCUT2D eigenvalue weighted by Crippen LogP contribution is -2.45. The maximum Gasteiger partial charge on any atom is 0.412 e. The highest BCUT2D eigenvalue weighted by Gasteiger charge is 2.28. The quantitative estimate of drug-likeness (QED) is 0.133. The number of fused-ring (bicyclic) bond motifs is 1. The molecule has 0 aliphatic rings. The van der Waals surface area contributed by atoms with Crippen molar-refractivity contribution in [1.82, 2.24) is 29.2 Å². The first-order valence-electron chi connectivity index (χ1n) is 14.4. The predicted octanol–water partition coefficient (Wildman–Crippen LogP) is 6.32. The molecule has 3 heterocycles. The smallest absolute Gasteiger partial charge is 0.412 e. The van der Waals surface area contributed by atoms with Crippen molar-refractivity contribution in [2.45, 2.75) is 65.3 Å². The zero-order valence-electron chi connectivity index (χ0n) is 26.5. The SMILES string of the molecule is CN(C)CCn1cc(Nc2nc(Oc3cccc(N(C(=O)O)C(C)(C)C)c3)c3ccn(COCC[Si](C)(C)C)c3n2)cn1. The van der Waals surface area contributed by atoms with Crippen LogP contribution in [0.25, 0.3) is 11.0 Å². The number of hydrogen-bond acceptors (Lipinski definition) is 8. The van der Waals surface area contributed by atoms with Crippen LogP contribution in [-0.2, 0) is 18.0 Å².